The molecule has 0 spiro atoms. The predicted octanol–water partition coefficient (Wildman–Crippen LogP) is 3.12. The van der Waals surface area contributed by atoms with E-state index in [4.69, 9.17) is 9.47 Å². The molecule has 4 nitrogen and oxygen atoms in total. The van der Waals surface area contributed by atoms with Gasteiger partial charge in [0.2, 0.25) is 0 Å². The lowest BCUT2D eigenvalue weighted by molar-refractivity contribution is -0.613. The molecule has 0 saturated carbocycles. The fourth-order valence-electron chi connectivity index (χ4n) is 1.92. The second-order valence-electron chi connectivity index (χ2n) is 4.84. The number of hydrogen-bond donors (Lipinski definition) is 0. The first kappa shape index (κ1) is 16.6. The Morgan fingerprint density at radius 3 is 2.59 bits per heavy atom. The first-order valence-electron chi connectivity index (χ1n) is 7.26. The Morgan fingerprint density at radius 2 is 1.82 bits per heavy atom. The van der Waals surface area contributed by atoms with Crippen LogP contribution in [0.3, 0.4) is 0 Å². The van der Waals surface area contributed by atoms with Crippen LogP contribution in [0.25, 0.3) is 0 Å². The van der Waals surface area contributed by atoms with Crippen molar-refractivity contribution in [1.29, 1.82) is 0 Å². The zero-order chi connectivity index (χ0) is 15.8. The highest BCUT2D eigenvalue weighted by Gasteiger charge is 2.08. The number of benzene rings is 1. The van der Waals surface area contributed by atoms with Crippen molar-refractivity contribution >= 4 is 11.8 Å². The van der Waals surface area contributed by atoms with Crippen molar-refractivity contribution in [3.05, 3.63) is 59.1 Å². The van der Waals surface area contributed by atoms with Crippen LogP contribution in [-0.4, -0.2) is 25.6 Å². The Labute approximate surface area is 135 Å². The molecule has 5 heteroatoms. The molecule has 0 aliphatic rings. The molecule has 0 radical (unpaired) electrons. The van der Waals surface area contributed by atoms with Gasteiger partial charge in [-0.25, -0.2) is 0 Å². The van der Waals surface area contributed by atoms with E-state index < -0.39 is 0 Å². The maximum absolute atomic E-state index is 11.4. The van der Waals surface area contributed by atoms with Crippen LogP contribution in [-0.2, 0) is 4.74 Å². The average Bonchev–Trinajstić information content (AvgIpc) is 2.54. The van der Waals surface area contributed by atoms with Crippen molar-refractivity contribution in [2.24, 2.45) is 0 Å². The van der Waals surface area contributed by atoms with E-state index in [1.807, 2.05) is 50.2 Å². The van der Waals surface area contributed by atoms with Gasteiger partial charge < -0.3 is 14.7 Å². The molecular formula is C17H21NO3S. The van der Waals surface area contributed by atoms with E-state index in [0.717, 1.165) is 32.4 Å². The highest BCUT2D eigenvalue weighted by Crippen LogP contribution is 2.22. The van der Waals surface area contributed by atoms with Gasteiger partial charge in [-0.1, -0.05) is 18.2 Å². The third kappa shape index (κ3) is 4.93. The normalized spacial score (nSPS) is 10.6. The maximum Gasteiger partial charge on any atom is 0.193 e. The Hall–Kier alpha value is -1.72. The lowest BCUT2D eigenvalue weighted by Gasteiger charge is -2.09. The van der Waals surface area contributed by atoms with Crippen LogP contribution in [0, 0.1) is 19.1 Å². The number of pyridine rings is 1. The molecule has 0 atom stereocenters. The van der Waals surface area contributed by atoms with Gasteiger partial charge in [-0.05, 0) is 19.1 Å². The fourth-order valence-corrected chi connectivity index (χ4v) is 2.86. The summed E-state index contributed by atoms with van der Waals surface area (Å²) in [5, 5.41) is 11.4. The minimum absolute atomic E-state index is 0.550. The van der Waals surface area contributed by atoms with Crippen LogP contribution in [0.5, 0.6) is 5.75 Å². The molecule has 0 aliphatic heterocycles. The van der Waals surface area contributed by atoms with Crippen LogP contribution in [0.15, 0.2) is 47.5 Å². The van der Waals surface area contributed by atoms with Gasteiger partial charge in [0.1, 0.15) is 12.4 Å². The van der Waals surface area contributed by atoms with Crippen molar-refractivity contribution in [2.75, 3.05) is 25.6 Å². The molecule has 0 bridgehead atoms. The number of rotatable bonds is 8. The summed E-state index contributed by atoms with van der Waals surface area (Å²) < 4.78 is 12.0. The largest absolute Gasteiger partial charge is 0.619 e. The van der Waals surface area contributed by atoms with E-state index >= 15 is 0 Å². The molecule has 2 rings (SSSR count). The second kappa shape index (κ2) is 8.66. The van der Waals surface area contributed by atoms with Gasteiger partial charge in [-0.15, -0.1) is 11.8 Å². The number of hydrogen-bond acceptors (Lipinski definition) is 4. The molecule has 0 N–H and O–H groups in total. The molecule has 1 aromatic heterocycles. The number of aromatic nitrogens is 1. The Balaban J connectivity index is 1.61. The van der Waals surface area contributed by atoms with E-state index in [0.29, 0.717) is 19.8 Å². The summed E-state index contributed by atoms with van der Waals surface area (Å²) in [5.41, 5.74) is 1.79. The van der Waals surface area contributed by atoms with Gasteiger partial charge in [0, 0.05) is 29.2 Å². The number of nitrogens with zero attached hydrogens (tertiary/aromatic N) is 1. The molecule has 0 aliphatic carbocycles. The van der Waals surface area contributed by atoms with Gasteiger partial charge in [-0.2, -0.15) is 4.73 Å². The summed E-state index contributed by atoms with van der Waals surface area (Å²) in [6.45, 7) is 5.59. The summed E-state index contributed by atoms with van der Waals surface area (Å²) in [5.74, 6) is 1.72. The van der Waals surface area contributed by atoms with E-state index in [2.05, 4.69) is 0 Å². The summed E-state index contributed by atoms with van der Waals surface area (Å²) >= 11 is 1.71. The van der Waals surface area contributed by atoms with E-state index in [-0.39, 0.29) is 0 Å². The molecule has 0 saturated heterocycles. The minimum atomic E-state index is 0.550. The first-order chi connectivity index (χ1) is 10.7. The monoisotopic (exact) mass is 319 g/mol. The van der Waals surface area contributed by atoms with Gasteiger partial charge in [0.05, 0.1) is 13.2 Å². The first-order valence-corrected chi connectivity index (χ1v) is 8.25. The molecule has 22 heavy (non-hydrogen) atoms. The molecule has 1 aromatic carbocycles. The van der Waals surface area contributed by atoms with E-state index in [1.165, 1.54) is 0 Å². The zero-order valence-electron chi connectivity index (χ0n) is 13.0. The summed E-state index contributed by atoms with van der Waals surface area (Å²) in [4.78, 5) is 1.13. The van der Waals surface area contributed by atoms with Gasteiger partial charge in [0.15, 0.2) is 11.9 Å². The van der Waals surface area contributed by atoms with Crippen LogP contribution >= 0.6 is 11.8 Å². The molecule has 1 heterocycles. The van der Waals surface area contributed by atoms with Crippen molar-refractivity contribution in [3.63, 3.8) is 0 Å². The highest BCUT2D eigenvalue weighted by molar-refractivity contribution is 7.99. The molecule has 0 unspecified atom stereocenters. The van der Waals surface area contributed by atoms with Crippen molar-refractivity contribution < 1.29 is 14.2 Å². The minimum Gasteiger partial charge on any atom is -0.619 e. The summed E-state index contributed by atoms with van der Waals surface area (Å²) in [7, 11) is 0. The van der Waals surface area contributed by atoms with Crippen molar-refractivity contribution in [1.82, 2.24) is 0 Å². The molecule has 2 aromatic rings. The number of para-hydroxylation sites is 1. The fraction of sp³-hybridized carbons (Fsp3) is 0.353. The maximum atomic E-state index is 11.4. The third-order valence-corrected chi connectivity index (χ3v) is 4.45. The zero-order valence-corrected chi connectivity index (χ0v) is 13.8. The Kier molecular flexibility index (Phi) is 6.55. The summed E-state index contributed by atoms with van der Waals surface area (Å²) in [6, 6.07) is 11.6. The predicted molar refractivity (Wildman–Crippen MR) is 88.4 cm³/mol. The van der Waals surface area contributed by atoms with Crippen molar-refractivity contribution in [3.8, 4) is 5.75 Å². The van der Waals surface area contributed by atoms with Gasteiger partial charge in [-0.3, -0.25) is 0 Å². The Morgan fingerprint density at radius 1 is 1.05 bits per heavy atom. The molecular weight excluding hydrogens is 298 g/mol. The quantitative estimate of drug-likeness (QED) is 0.324. The Bertz CT molecular complexity index is 590. The van der Waals surface area contributed by atoms with E-state index in [9.17, 15) is 5.21 Å². The number of thioether (sulfide) groups is 1. The topological polar surface area (TPSA) is 45.4 Å². The molecule has 0 fully saturated rings. The molecule has 0 amide bonds. The average molecular weight is 319 g/mol. The van der Waals surface area contributed by atoms with Crippen LogP contribution in [0.1, 0.15) is 11.3 Å². The standard InChI is InChI=1S/C17H21NO3S/c1-14-15(2)18(19)9-8-17(14)22-13-12-20-10-11-21-16-6-4-3-5-7-16/h3-9H,10-13H2,1-2H3. The van der Waals surface area contributed by atoms with Crippen LogP contribution < -0.4 is 9.47 Å². The van der Waals surface area contributed by atoms with Gasteiger partial charge in [0.25, 0.3) is 0 Å². The SMILES string of the molecule is Cc1c(SCCOCCOc2ccccc2)cc[n+]([O-])c1C. The van der Waals surface area contributed by atoms with E-state index in [1.54, 1.807) is 18.0 Å². The lowest BCUT2D eigenvalue weighted by Crippen LogP contribution is -2.30. The van der Waals surface area contributed by atoms with Crippen LogP contribution in [0.4, 0.5) is 0 Å². The smallest absolute Gasteiger partial charge is 0.193 e. The summed E-state index contributed by atoms with van der Waals surface area (Å²) in [6.07, 6.45) is 1.55. The number of ether oxygens (including phenoxy) is 2. The lowest BCUT2D eigenvalue weighted by atomic mass is 10.2. The van der Waals surface area contributed by atoms with Crippen LogP contribution in [0.2, 0.25) is 0 Å². The third-order valence-electron chi connectivity index (χ3n) is 3.33. The van der Waals surface area contributed by atoms with Gasteiger partial charge >= 0.3 is 0 Å². The second-order valence-corrected chi connectivity index (χ2v) is 5.98. The molecule has 118 valence electrons. The van der Waals surface area contributed by atoms with Crippen molar-refractivity contribution in [2.45, 2.75) is 18.7 Å². The highest BCUT2D eigenvalue weighted by atomic mass is 32.2.